The fourth-order valence-electron chi connectivity index (χ4n) is 1.51. The van der Waals surface area contributed by atoms with Gasteiger partial charge in [-0.3, -0.25) is 14.5 Å². The molecule has 2 aromatic heterocycles. The summed E-state index contributed by atoms with van der Waals surface area (Å²) < 4.78 is 1.40. The van der Waals surface area contributed by atoms with Crippen molar-refractivity contribution in [3.8, 4) is 0 Å². The molecule has 0 aromatic carbocycles. The van der Waals surface area contributed by atoms with Gasteiger partial charge in [-0.1, -0.05) is 5.16 Å². The summed E-state index contributed by atoms with van der Waals surface area (Å²) in [6, 6.07) is 0. The minimum absolute atomic E-state index is 0.150. The third kappa shape index (κ3) is 2.55. The van der Waals surface area contributed by atoms with E-state index in [2.05, 4.69) is 25.5 Å². The Labute approximate surface area is 114 Å². The number of hydrogen-bond donors (Lipinski definition) is 3. The Bertz CT molecular complexity index is 660. The van der Waals surface area contributed by atoms with Crippen molar-refractivity contribution in [3.05, 3.63) is 35.5 Å². The highest BCUT2D eigenvalue weighted by molar-refractivity contribution is 6.08. The summed E-state index contributed by atoms with van der Waals surface area (Å²) in [7, 11) is 1.62. The Morgan fingerprint density at radius 3 is 2.75 bits per heavy atom. The molecule has 0 fully saturated rings. The van der Waals surface area contributed by atoms with E-state index in [0.717, 1.165) is 0 Å². The number of amidine groups is 1. The Hall–Kier alpha value is -2.97. The number of oxime groups is 1. The van der Waals surface area contributed by atoms with Crippen LogP contribution in [0.1, 0.15) is 21.7 Å². The molecule has 0 aliphatic heterocycles. The van der Waals surface area contributed by atoms with E-state index < -0.39 is 5.91 Å². The number of aromatic nitrogens is 4. The van der Waals surface area contributed by atoms with Crippen molar-refractivity contribution in [1.82, 2.24) is 19.7 Å². The van der Waals surface area contributed by atoms with E-state index >= 15 is 0 Å². The Kier molecular flexibility index (Phi) is 3.60. The number of hydrogen-bond acceptors (Lipinski definition) is 6. The lowest BCUT2D eigenvalue weighted by Gasteiger charge is -2.07. The molecule has 0 unspecified atom stereocenters. The molecular formula is C11H13N7O2. The first-order valence-corrected chi connectivity index (χ1v) is 5.63. The van der Waals surface area contributed by atoms with Gasteiger partial charge in [0, 0.05) is 13.2 Å². The largest absolute Gasteiger partial charge is 0.409 e. The Morgan fingerprint density at radius 2 is 2.15 bits per heavy atom. The molecule has 1 amide bonds. The van der Waals surface area contributed by atoms with Gasteiger partial charge in [0.25, 0.3) is 5.91 Å². The smallest absolute Gasteiger partial charge is 0.277 e. The maximum atomic E-state index is 12.0. The Morgan fingerprint density at radius 1 is 1.40 bits per heavy atom. The number of carbonyl (C=O) groups excluding carboxylic acids is 1. The van der Waals surface area contributed by atoms with Gasteiger partial charge in [0.1, 0.15) is 11.5 Å². The minimum atomic E-state index is -0.465. The molecule has 0 atom stereocenters. The second kappa shape index (κ2) is 5.34. The van der Waals surface area contributed by atoms with Gasteiger partial charge in [0.2, 0.25) is 0 Å². The lowest BCUT2D eigenvalue weighted by atomic mass is 10.3. The third-order valence-electron chi connectivity index (χ3n) is 2.57. The van der Waals surface area contributed by atoms with Gasteiger partial charge < -0.3 is 16.3 Å². The SMILES string of the molecule is Cc1cnc(C(=O)Nc2c(C(N)=NO)cnn2C)cn1. The molecule has 0 saturated carbocycles. The molecule has 0 radical (unpaired) electrons. The zero-order valence-corrected chi connectivity index (χ0v) is 10.9. The van der Waals surface area contributed by atoms with Gasteiger partial charge in [0.15, 0.2) is 5.84 Å². The molecule has 2 aromatic rings. The topological polar surface area (TPSA) is 131 Å². The molecule has 0 aliphatic carbocycles. The number of aryl methyl sites for hydroxylation is 2. The number of nitrogens with zero attached hydrogens (tertiary/aromatic N) is 5. The number of nitrogens with one attached hydrogen (secondary N) is 1. The third-order valence-corrected chi connectivity index (χ3v) is 2.57. The molecule has 2 rings (SSSR count). The zero-order chi connectivity index (χ0) is 14.7. The number of rotatable bonds is 3. The standard InChI is InChI=1S/C11H13N7O2/c1-6-3-14-8(5-13-6)11(19)16-10-7(9(12)17-20)4-15-18(10)2/h3-5,20H,1-2H3,(H2,12,17)(H,16,19). The van der Waals surface area contributed by atoms with Crippen molar-refractivity contribution in [1.29, 1.82) is 0 Å². The lowest BCUT2D eigenvalue weighted by Crippen LogP contribution is -2.20. The first-order valence-electron chi connectivity index (χ1n) is 5.63. The predicted molar refractivity (Wildman–Crippen MR) is 70.4 cm³/mol. The maximum absolute atomic E-state index is 12.0. The van der Waals surface area contributed by atoms with Crippen molar-refractivity contribution < 1.29 is 10.0 Å². The van der Waals surface area contributed by atoms with E-state index in [1.165, 1.54) is 23.3 Å². The Balaban J connectivity index is 2.28. The molecule has 104 valence electrons. The van der Waals surface area contributed by atoms with E-state index in [0.29, 0.717) is 17.1 Å². The zero-order valence-electron chi connectivity index (χ0n) is 10.9. The van der Waals surface area contributed by atoms with Gasteiger partial charge in [-0.25, -0.2) is 4.98 Å². The van der Waals surface area contributed by atoms with Gasteiger partial charge >= 0.3 is 0 Å². The number of amides is 1. The van der Waals surface area contributed by atoms with Gasteiger partial charge in [-0.05, 0) is 6.92 Å². The highest BCUT2D eigenvalue weighted by Gasteiger charge is 2.17. The molecule has 0 spiro atoms. The molecule has 4 N–H and O–H groups in total. The van der Waals surface area contributed by atoms with Crippen LogP contribution in [-0.2, 0) is 7.05 Å². The average Bonchev–Trinajstić information content (AvgIpc) is 2.80. The maximum Gasteiger partial charge on any atom is 0.277 e. The lowest BCUT2D eigenvalue weighted by molar-refractivity contribution is 0.102. The van der Waals surface area contributed by atoms with Crippen molar-refractivity contribution in [3.63, 3.8) is 0 Å². The van der Waals surface area contributed by atoms with E-state index in [4.69, 9.17) is 10.9 Å². The fourth-order valence-corrected chi connectivity index (χ4v) is 1.51. The van der Waals surface area contributed by atoms with Crippen LogP contribution in [0.4, 0.5) is 5.82 Å². The van der Waals surface area contributed by atoms with Crippen LogP contribution in [0.3, 0.4) is 0 Å². The van der Waals surface area contributed by atoms with Crippen LogP contribution < -0.4 is 11.1 Å². The van der Waals surface area contributed by atoms with Crippen LogP contribution in [0.15, 0.2) is 23.7 Å². The van der Waals surface area contributed by atoms with Crippen LogP contribution in [0, 0.1) is 6.92 Å². The summed E-state index contributed by atoms with van der Waals surface area (Å²) in [5.74, 6) is -0.316. The fraction of sp³-hybridized carbons (Fsp3) is 0.182. The molecule has 2 heterocycles. The second-order valence-electron chi connectivity index (χ2n) is 4.01. The normalized spacial score (nSPS) is 11.4. The van der Waals surface area contributed by atoms with Crippen LogP contribution in [0.2, 0.25) is 0 Å². The monoisotopic (exact) mass is 275 g/mol. The summed E-state index contributed by atoms with van der Waals surface area (Å²) in [5.41, 5.74) is 6.68. The van der Waals surface area contributed by atoms with Crippen molar-refractivity contribution >= 4 is 17.6 Å². The molecular weight excluding hydrogens is 262 g/mol. The molecule has 9 heteroatoms. The van der Waals surface area contributed by atoms with Crippen LogP contribution in [-0.4, -0.2) is 36.7 Å². The first-order chi connectivity index (χ1) is 9.52. The highest BCUT2D eigenvalue weighted by Crippen LogP contribution is 2.14. The molecule has 20 heavy (non-hydrogen) atoms. The van der Waals surface area contributed by atoms with Crippen LogP contribution in [0.25, 0.3) is 0 Å². The van der Waals surface area contributed by atoms with Crippen LogP contribution >= 0.6 is 0 Å². The van der Waals surface area contributed by atoms with E-state index in [-0.39, 0.29) is 11.5 Å². The minimum Gasteiger partial charge on any atom is -0.409 e. The van der Waals surface area contributed by atoms with Gasteiger partial charge in [0.05, 0.1) is 23.7 Å². The van der Waals surface area contributed by atoms with Crippen molar-refractivity contribution in [2.45, 2.75) is 6.92 Å². The predicted octanol–water partition coefficient (Wildman–Crippen LogP) is -0.135. The summed E-state index contributed by atoms with van der Waals surface area (Å²) in [6.07, 6.45) is 4.23. The average molecular weight is 275 g/mol. The van der Waals surface area contributed by atoms with Crippen molar-refractivity contribution in [2.24, 2.45) is 17.9 Å². The van der Waals surface area contributed by atoms with Gasteiger partial charge in [-0.2, -0.15) is 5.10 Å². The summed E-state index contributed by atoms with van der Waals surface area (Å²) >= 11 is 0. The van der Waals surface area contributed by atoms with E-state index in [1.807, 2.05) is 0 Å². The summed E-state index contributed by atoms with van der Waals surface area (Å²) in [6.45, 7) is 1.77. The van der Waals surface area contributed by atoms with Crippen molar-refractivity contribution in [2.75, 3.05) is 5.32 Å². The van der Waals surface area contributed by atoms with Gasteiger partial charge in [-0.15, -0.1) is 0 Å². The number of anilines is 1. The molecule has 0 bridgehead atoms. The quantitative estimate of drug-likeness (QED) is 0.309. The second-order valence-corrected chi connectivity index (χ2v) is 4.01. The molecule has 0 aliphatic rings. The van der Waals surface area contributed by atoms with E-state index in [9.17, 15) is 4.79 Å². The highest BCUT2D eigenvalue weighted by atomic mass is 16.4. The van der Waals surface area contributed by atoms with E-state index in [1.54, 1.807) is 14.0 Å². The number of carbonyl (C=O) groups is 1. The number of nitrogens with two attached hydrogens (primary N) is 1. The first kappa shape index (κ1) is 13.5. The summed E-state index contributed by atoms with van der Waals surface area (Å²) in [5, 5.41) is 18.1. The molecule has 9 nitrogen and oxygen atoms in total. The summed E-state index contributed by atoms with van der Waals surface area (Å²) in [4.78, 5) is 20.0. The molecule has 0 saturated heterocycles. The van der Waals surface area contributed by atoms with Crippen LogP contribution in [0.5, 0.6) is 0 Å².